The third-order valence-electron chi connectivity index (χ3n) is 7.68. The van der Waals surface area contributed by atoms with Crippen LogP contribution in [0, 0.1) is 29.4 Å². The number of unbranched alkanes of at least 4 members (excludes halogenated alkanes) is 2. The molecule has 0 N–H and O–H groups in total. The van der Waals surface area contributed by atoms with Crippen LogP contribution in [0.1, 0.15) is 102 Å². The number of rotatable bonds is 9. The van der Waals surface area contributed by atoms with Gasteiger partial charge in [0, 0.05) is 0 Å². The number of benzene rings is 1. The summed E-state index contributed by atoms with van der Waals surface area (Å²) in [4.78, 5) is 0. The van der Waals surface area contributed by atoms with E-state index in [4.69, 9.17) is 0 Å². The van der Waals surface area contributed by atoms with E-state index in [9.17, 15) is 22.0 Å². The summed E-state index contributed by atoms with van der Waals surface area (Å²) in [6.07, 6.45) is 14.5. The van der Waals surface area contributed by atoms with Crippen molar-refractivity contribution in [1.82, 2.24) is 0 Å². The predicted molar refractivity (Wildman–Crippen MR) is 121 cm³/mol. The highest BCUT2D eigenvalue weighted by Crippen LogP contribution is 2.45. The molecular weight excluding hydrogens is 435 g/mol. The zero-order chi connectivity index (χ0) is 23.8. The minimum Gasteiger partial charge on any atom is -0.399 e. The van der Waals surface area contributed by atoms with E-state index in [-0.39, 0.29) is 5.92 Å². The molecule has 0 atom stereocenters. The Balaban J connectivity index is 1.42. The topological polar surface area (TPSA) is 9.23 Å². The van der Waals surface area contributed by atoms with Crippen LogP contribution in [0.25, 0.3) is 0 Å². The molecule has 0 aromatic heterocycles. The smallest absolute Gasteiger partial charge is 0.399 e. The molecule has 0 unspecified atom stereocenters. The van der Waals surface area contributed by atoms with Crippen LogP contribution < -0.4 is 4.74 Å². The summed E-state index contributed by atoms with van der Waals surface area (Å²) in [5, 5.41) is 0. The maximum atomic E-state index is 14.1. The molecule has 0 heterocycles. The highest BCUT2D eigenvalue weighted by atomic mass is 19.4. The van der Waals surface area contributed by atoms with Gasteiger partial charge in [0.05, 0.1) is 0 Å². The number of hydrogen-bond acceptors (Lipinski definition) is 1. The van der Waals surface area contributed by atoms with Gasteiger partial charge in [-0.05, 0) is 99.2 Å². The summed E-state index contributed by atoms with van der Waals surface area (Å²) in [6, 6.07) is 2.02. The molecule has 0 spiro atoms. The van der Waals surface area contributed by atoms with Gasteiger partial charge < -0.3 is 4.74 Å². The van der Waals surface area contributed by atoms with E-state index >= 15 is 0 Å². The fourth-order valence-corrected chi connectivity index (χ4v) is 5.88. The number of alkyl halides is 3. The molecule has 0 aliphatic heterocycles. The third-order valence-corrected chi connectivity index (χ3v) is 7.68. The van der Waals surface area contributed by atoms with Crippen molar-refractivity contribution < 1.29 is 26.7 Å². The average Bonchev–Trinajstić information content (AvgIpc) is 2.78. The molecule has 2 aliphatic rings. The van der Waals surface area contributed by atoms with Gasteiger partial charge in [-0.1, -0.05) is 44.8 Å². The lowest BCUT2D eigenvalue weighted by molar-refractivity contribution is -0.276. The van der Waals surface area contributed by atoms with Crippen LogP contribution in [0.4, 0.5) is 22.0 Å². The lowest BCUT2D eigenvalue weighted by atomic mass is 9.68. The van der Waals surface area contributed by atoms with Crippen molar-refractivity contribution in [2.45, 2.75) is 103 Å². The molecule has 33 heavy (non-hydrogen) atoms. The molecule has 2 fully saturated rings. The van der Waals surface area contributed by atoms with E-state index < -0.39 is 23.7 Å². The van der Waals surface area contributed by atoms with Crippen molar-refractivity contribution in [1.29, 1.82) is 0 Å². The molecule has 3 rings (SSSR count). The summed E-state index contributed by atoms with van der Waals surface area (Å²) in [5.41, 5.74) is 0.440. The van der Waals surface area contributed by atoms with Crippen LogP contribution in [0.2, 0.25) is 0 Å². The maximum Gasteiger partial charge on any atom is 0.573 e. The van der Waals surface area contributed by atoms with Crippen molar-refractivity contribution in [3.63, 3.8) is 0 Å². The number of halogens is 5. The Hall–Kier alpha value is -1.59. The highest BCUT2D eigenvalue weighted by molar-refractivity contribution is 5.33. The molecule has 1 nitrogen and oxygen atoms in total. The lowest BCUT2D eigenvalue weighted by Crippen LogP contribution is -2.25. The number of ether oxygens (including phenoxy) is 1. The van der Waals surface area contributed by atoms with Crippen LogP contribution >= 0.6 is 0 Å². The zero-order valence-electron chi connectivity index (χ0n) is 19.6. The van der Waals surface area contributed by atoms with Crippen molar-refractivity contribution >= 4 is 0 Å². The van der Waals surface area contributed by atoms with E-state index in [1.165, 1.54) is 51.4 Å². The SMILES string of the molecule is CC/C=C/CCCCC1CCC(C2CCC(c3cc(F)c(OC(F)(F)F)c(F)c3)CC2)CC1. The summed E-state index contributed by atoms with van der Waals surface area (Å²) in [7, 11) is 0. The standard InChI is InChI=1S/C27H37F5O/c1-2-3-4-5-6-7-8-19-9-11-20(12-10-19)21-13-15-22(16-14-21)23-17-24(28)26(25(29)18-23)33-27(30,31)32/h3-4,17-22H,2,5-16H2,1H3/b4-3+. The van der Waals surface area contributed by atoms with E-state index in [0.717, 1.165) is 56.1 Å². The van der Waals surface area contributed by atoms with Crippen molar-refractivity contribution in [3.05, 3.63) is 41.5 Å². The van der Waals surface area contributed by atoms with Crippen LogP contribution in [0.3, 0.4) is 0 Å². The Kier molecular flexibility index (Phi) is 9.63. The molecule has 6 heteroatoms. The Morgan fingerprint density at radius 2 is 1.42 bits per heavy atom. The van der Waals surface area contributed by atoms with Gasteiger partial charge in [-0.25, -0.2) is 8.78 Å². The number of hydrogen-bond donors (Lipinski definition) is 0. The minimum absolute atomic E-state index is 0.0108. The third kappa shape index (κ3) is 7.99. The quantitative estimate of drug-likeness (QED) is 0.198. The second-order valence-electron chi connectivity index (χ2n) is 9.92. The van der Waals surface area contributed by atoms with Crippen LogP contribution in [0.5, 0.6) is 5.75 Å². The zero-order valence-corrected chi connectivity index (χ0v) is 19.6. The predicted octanol–water partition coefficient (Wildman–Crippen LogP) is 9.47. The molecule has 0 saturated heterocycles. The van der Waals surface area contributed by atoms with Gasteiger partial charge >= 0.3 is 6.36 Å². The Morgan fingerprint density at radius 3 is 1.97 bits per heavy atom. The molecule has 0 bridgehead atoms. The second-order valence-corrected chi connectivity index (χ2v) is 9.92. The largest absolute Gasteiger partial charge is 0.573 e. The van der Waals surface area contributed by atoms with E-state index in [1.807, 2.05) is 0 Å². The molecular formula is C27H37F5O. The molecule has 1 aromatic carbocycles. The first-order chi connectivity index (χ1) is 15.8. The van der Waals surface area contributed by atoms with Crippen LogP contribution in [-0.4, -0.2) is 6.36 Å². The summed E-state index contributed by atoms with van der Waals surface area (Å²) in [5.74, 6) is -1.70. The van der Waals surface area contributed by atoms with Gasteiger partial charge in [-0.2, -0.15) is 0 Å². The second kappa shape index (κ2) is 12.2. The maximum absolute atomic E-state index is 14.1. The first-order valence-corrected chi connectivity index (χ1v) is 12.7. The lowest BCUT2D eigenvalue weighted by Gasteiger charge is -2.38. The highest BCUT2D eigenvalue weighted by Gasteiger charge is 2.35. The molecule has 2 saturated carbocycles. The molecule has 186 valence electrons. The summed E-state index contributed by atoms with van der Waals surface area (Å²) in [6.45, 7) is 2.16. The molecule has 0 amide bonds. The van der Waals surface area contributed by atoms with E-state index in [0.29, 0.717) is 11.5 Å². The van der Waals surface area contributed by atoms with Gasteiger partial charge in [0.15, 0.2) is 11.6 Å². The van der Waals surface area contributed by atoms with E-state index in [2.05, 4.69) is 23.8 Å². The van der Waals surface area contributed by atoms with E-state index in [1.54, 1.807) is 0 Å². The van der Waals surface area contributed by atoms with Gasteiger partial charge in [0.2, 0.25) is 5.75 Å². The van der Waals surface area contributed by atoms with Crippen molar-refractivity contribution in [3.8, 4) is 5.75 Å². The summed E-state index contributed by atoms with van der Waals surface area (Å²) < 4.78 is 68.8. The molecule has 1 aromatic rings. The van der Waals surface area contributed by atoms with Gasteiger partial charge in [-0.15, -0.1) is 13.2 Å². The van der Waals surface area contributed by atoms with Crippen LogP contribution in [0.15, 0.2) is 24.3 Å². The minimum atomic E-state index is -5.12. The Bertz CT molecular complexity index is 733. The fourth-order valence-electron chi connectivity index (χ4n) is 5.88. The average molecular weight is 473 g/mol. The fraction of sp³-hybridized carbons (Fsp3) is 0.704. The van der Waals surface area contributed by atoms with Gasteiger partial charge in [0.1, 0.15) is 0 Å². The van der Waals surface area contributed by atoms with Crippen molar-refractivity contribution in [2.24, 2.45) is 17.8 Å². The van der Waals surface area contributed by atoms with Gasteiger partial charge in [0.25, 0.3) is 0 Å². The first kappa shape index (κ1) is 26.0. The monoisotopic (exact) mass is 472 g/mol. The Morgan fingerprint density at radius 1 is 0.848 bits per heavy atom. The number of allylic oxidation sites excluding steroid dienone is 2. The van der Waals surface area contributed by atoms with Gasteiger partial charge in [-0.3, -0.25) is 0 Å². The normalized spacial score (nSPS) is 26.6. The van der Waals surface area contributed by atoms with Crippen LogP contribution in [-0.2, 0) is 0 Å². The summed E-state index contributed by atoms with van der Waals surface area (Å²) >= 11 is 0. The first-order valence-electron chi connectivity index (χ1n) is 12.7. The van der Waals surface area contributed by atoms with Crippen molar-refractivity contribution in [2.75, 3.05) is 0 Å². The molecule has 2 aliphatic carbocycles. The Labute approximate surface area is 194 Å². The molecule has 0 radical (unpaired) electrons.